The molecule has 1 amide bonds. The molecule has 36 heavy (non-hydrogen) atoms. The molecule has 0 radical (unpaired) electrons. The monoisotopic (exact) mass is 507 g/mol. The second-order valence-electron chi connectivity index (χ2n) is 10.0. The van der Waals surface area contributed by atoms with Crippen LogP contribution in [0.3, 0.4) is 0 Å². The fourth-order valence-electron chi connectivity index (χ4n) is 4.97. The van der Waals surface area contributed by atoms with Crippen LogP contribution in [0.5, 0.6) is 17.2 Å². The smallest absolute Gasteiger partial charge is 0.313 e. The van der Waals surface area contributed by atoms with Crippen molar-refractivity contribution in [3.05, 3.63) is 81.9 Å². The van der Waals surface area contributed by atoms with Gasteiger partial charge in [0.1, 0.15) is 24.9 Å². The van der Waals surface area contributed by atoms with E-state index in [4.69, 9.17) is 21.1 Å². The summed E-state index contributed by atoms with van der Waals surface area (Å²) in [4.78, 5) is 28.1. The topological polar surface area (TPSA) is 96.3 Å². The van der Waals surface area contributed by atoms with Crippen molar-refractivity contribution in [1.82, 2.24) is 0 Å². The van der Waals surface area contributed by atoms with Crippen molar-refractivity contribution >= 4 is 29.2 Å². The number of carboxylic acid groups (broad SMARTS) is 1. The number of nitrogens with zero attached hydrogens (tertiary/aromatic N) is 1. The van der Waals surface area contributed by atoms with Crippen molar-refractivity contribution in [2.45, 2.75) is 38.1 Å². The fourth-order valence-corrected chi connectivity index (χ4v) is 5.43. The summed E-state index contributed by atoms with van der Waals surface area (Å²) in [6.45, 7) is 6.91. The summed E-state index contributed by atoms with van der Waals surface area (Å²) in [5.41, 5.74) is 2.18. The first kappa shape index (κ1) is 24.0. The molecular formula is C28H26ClNO6. The number of carboxylic acids is 1. The molecule has 2 heterocycles. The van der Waals surface area contributed by atoms with Gasteiger partial charge in [-0.2, -0.15) is 0 Å². The van der Waals surface area contributed by atoms with Gasteiger partial charge in [-0.15, -0.1) is 0 Å². The molecule has 3 aromatic carbocycles. The first-order valence-electron chi connectivity index (χ1n) is 11.6. The SMILES string of the molecule is CC(C)(C)c1ccc(N2C(=O)c3cc(O)ccc3[C@H](C(=O)O)[C@H]2c2ccc3c(c2)OCCO3)cc1Cl. The summed E-state index contributed by atoms with van der Waals surface area (Å²) in [6.07, 6.45) is 0. The number of phenolic OH excluding ortho intramolecular Hbond substituents is 1. The van der Waals surface area contributed by atoms with E-state index in [1.165, 1.54) is 23.1 Å². The van der Waals surface area contributed by atoms with Gasteiger partial charge in [0.05, 0.1) is 6.04 Å². The van der Waals surface area contributed by atoms with Crippen molar-refractivity contribution < 1.29 is 29.3 Å². The molecule has 7 nitrogen and oxygen atoms in total. The molecule has 0 aromatic heterocycles. The van der Waals surface area contributed by atoms with E-state index in [2.05, 4.69) is 0 Å². The van der Waals surface area contributed by atoms with E-state index in [9.17, 15) is 19.8 Å². The molecule has 0 fully saturated rings. The lowest BCUT2D eigenvalue weighted by Gasteiger charge is -2.41. The maximum absolute atomic E-state index is 13.9. The maximum Gasteiger partial charge on any atom is 0.313 e. The third kappa shape index (κ3) is 4.03. The zero-order chi connectivity index (χ0) is 25.8. The maximum atomic E-state index is 13.9. The summed E-state index contributed by atoms with van der Waals surface area (Å²) in [5, 5.41) is 21.0. The van der Waals surface area contributed by atoms with Crippen LogP contribution in [0.25, 0.3) is 0 Å². The second kappa shape index (κ2) is 8.75. The minimum absolute atomic E-state index is 0.120. The van der Waals surface area contributed by atoms with Gasteiger partial charge in [0.25, 0.3) is 5.91 Å². The zero-order valence-electron chi connectivity index (χ0n) is 20.1. The first-order valence-corrected chi connectivity index (χ1v) is 12.0. The van der Waals surface area contributed by atoms with Crippen LogP contribution in [0, 0.1) is 0 Å². The van der Waals surface area contributed by atoms with Gasteiger partial charge in [-0.3, -0.25) is 14.5 Å². The van der Waals surface area contributed by atoms with Crippen LogP contribution >= 0.6 is 11.6 Å². The largest absolute Gasteiger partial charge is 0.508 e. The first-order chi connectivity index (χ1) is 17.1. The normalized spacial score (nSPS) is 19.1. The molecule has 2 N–H and O–H groups in total. The number of carbonyl (C=O) groups excluding carboxylic acids is 1. The quantitative estimate of drug-likeness (QED) is 0.473. The van der Waals surface area contributed by atoms with E-state index in [0.29, 0.717) is 46.5 Å². The van der Waals surface area contributed by atoms with E-state index >= 15 is 0 Å². The predicted octanol–water partition coefficient (Wildman–Crippen LogP) is 5.68. The number of amides is 1. The van der Waals surface area contributed by atoms with Crippen LogP contribution in [0.15, 0.2) is 54.6 Å². The number of ether oxygens (including phenoxy) is 2. The van der Waals surface area contributed by atoms with Gasteiger partial charge in [0, 0.05) is 16.3 Å². The van der Waals surface area contributed by atoms with Crippen molar-refractivity contribution in [1.29, 1.82) is 0 Å². The molecule has 0 saturated heterocycles. The Morgan fingerprint density at radius 1 is 1.00 bits per heavy atom. The average molecular weight is 508 g/mol. The summed E-state index contributed by atoms with van der Waals surface area (Å²) >= 11 is 6.66. The number of hydrogen-bond donors (Lipinski definition) is 2. The number of carbonyl (C=O) groups is 2. The second-order valence-corrected chi connectivity index (χ2v) is 10.4. The van der Waals surface area contributed by atoms with Crippen LogP contribution in [-0.2, 0) is 10.2 Å². The Morgan fingerprint density at radius 2 is 1.72 bits per heavy atom. The van der Waals surface area contributed by atoms with Crippen LogP contribution in [0.1, 0.15) is 59.8 Å². The lowest BCUT2D eigenvalue weighted by atomic mass is 9.79. The number of anilines is 1. The zero-order valence-corrected chi connectivity index (χ0v) is 20.9. The lowest BCUT2D eigenvalue weighted by molar-refractivity contribution is -0.139. The van der Waals surface area contributed by atoms with Crippen LogP contribution in [0.4, 0.5) is 5.69 Å². The summed E-state index contributed by atoms with van der Waals surface area (Å²) in [5.74, 6) is -1.71. The molecule has 2 atom stereocenters. The third-order valence-electron chi connectivity index (χ3n) is 6.63. The van der Waals surface area contributed by atoms with Crippen molar-refractivity contribution in [2.24, 2.45) is 0 Å². The Balaban J connectivity index is 1.74. The van der Waals surface area contributed by atoms with Gasteiger partial charge >= 0.3 is 5.97 Å². The summed E-state index contributed by atoms with van der Waals surface area (Å²) in [6, 6.07) is 13.8. The number of hydrogen-bond acceptors (Lipinski definition) is 5. The number of rotatable bonds is 3. The number of benzene rings is 3. The molecular weight excluding hydrogens is 482 g/mol. The molecule has 0 saturated carbocycles. The van der Waals surface area contributed by atoms with Gasteiger partial charge in [-0.1, -0.05) is 50.6 Å². The average Bonchev–Trinajstić information content (AvgIpc) is 2.82. The molecule has 2 aliphatic rings. The molecule has 186 valence electrons. The molecule has 0 aliphatic carbocycles. The minimum atomic E-state index is -1.11. The van der Waals surface area contributed by atoms with Crippen LogP contribution in [-0.4, -0.2) is 35.3 Å². The minimum Gasteiger partial charge on any atom is -0.508 e. The van der Waals surface area contributed by atoms with Crippen molar-refractivity contribution in [3.8, 4) is 17.2 Å². The standard InChI is InChI=1S/C28H26ClNO6/c1-28(2,3)20-8-5-16(13-21(20)29)30-25(15-4-9-22-23(12-15)36-11-10-35-22)24(27(33)34)18-7-6-17(31)14-19(18)26(30)32/h4-9,12-14,24-25,31H,10-11H2,1-3H3,(H,33,34)/t24-,25+/m0/s1. The van der Waals surface area contributed by atoms with Crippen molar-refractivity contribution in [2.75, 3.05) is 18.1 Å². The fraction of sp³-hybridized carbons (Fsp3) is 0.286. The molecule has 8 heteroatoms. The molecule has 5 rings (SSSR count). The Kier molecular flexibility index (Phi) is 5.83. The highest BCUT2D eigenvalue weighted by Crippen LogP contribution is 2.48. The molecule has 0 unspecified atom stereocenters. The Hall–Kier alpha value is -3.71. The van der Waals surface area contributed by atoms with Gasteiger partial charge in [0.15, 0.2) is 11.5 Å². The molecule has 0 bridgehead atoms. The van der Waals surface area contributed by atoms with Gasteiger partial charge in [-0.05, 0) is 58.5 Å². The number of aliphatic carboxylic acids is 1. The van der Waals surface area contributed by atoms with E-state index in [1.807, 2.05) is 26.8 Å². The number of phenols is 1. The van der Waals surface area contributed by atoms with Crippen LogP contribution in [0.2, 0.25) is 5.02 Å². The van der Waals surface area contributed by atoms with E-state index in [0.717, 1.165) is 5.56 Å². The molecule has 3 aromatic rings. The van der Waals surface area contributed by atoms with E-state index < -0.39 is 23.8 Å². The summed E-state index contributed by atoms with van der Waals surface area (Å²) < 4.78 is 11.4. The Labute approximate surface area is 213 Å². The summed E-state index contributed by atoms with van der Waals surface area (Å²) in [7, 11) is 0. The molecule has 0 spiro atoms. The van der Waals surface area contributed by atoms with E-state index in [1.54, 1.807) is 30.3 Å². The van der Waals surface area contributed by atoms with Gasteiger partial charge in [0.2, 0.25) is 0 Å². The predicted molar refractivity (Wildman–Crippen MR) is 136 cm³/mol. The third-order valence-corrected chi connectivity index (χ3v) is 6.94. The van der Waals surface area contributed by atoms with E-state index in [-0.39, 0.29) is 16.7 Å². The molecule has 2 aliphatic heterocycles. The number of aromatic hydroxyl groups is 1. The van der Waals surface area contributed by atoms with Gasteiger partial charge in [-0.25, -0.2) is 0 Å². The highest BCUT2D eigenvalue weighted by Gasteiger charge is 2.45. The van der Waals surface area contributed by atoms with Crippen molar-refractivity contribution in [3.63, 3.8) is 0 Å². The highest BCUT2D eigenvalue weighted by atomic mass is 35.5. The van der Waals surface area contributed by atoms with Gasteiger partial charge < -0.3 is 19.7 Å². The van der Waals surface area contributed by atoms with Crippen LogP contribution < -0.4 is 14.4 Å². The highest BCUT2D eigenvalue weighted by molar-refractivity contribution is 6.32. The number of fused-ring (bicyclic) bond motifs is 2. The lowest BCUT2D eigenvalue weighted by Crippen LogP contribution is -2.45. The number of halogens is 1. The Morgan fingerprint density at radius 3 is 2.39 bits per heavy atom. The Bertz CT molecular complexity index is 1380.